The number of halogens is 1. The predicted molar refractivity (Wildman–Crippen MR) is 79.9 cm³/mol. The van der Waals surface area contributed by atoms with E-state index >= 15 is 0 Å². The van der Waals surface area contributed by atoms with Gasteiger partial charge in [-0.05, 0) is 47.0 Å². The second-order valence-electron chi connectivity index (χ2n) is 4.75. The molecule has 0 radical (unpaired) electrons. The third-order valence-corrected chi connectivity index (χ3v) is 4.15. The highest BCUT2D eigenvalue weighted by Gasteiger charge is 2.17. The van der Waals surface area contributed by atoms with E-state index in [2.05, 4.69) is 32.9 Å². The number of aromatic nitrogens is 3. The summed E-state index contributed by atoms with van der Waals surface area (Å²) in [4.78, 5) is 4.35. The molecule has 2 N–H and O–H groups in total. The van der Waals surface area contributed by atoms with Crippen LogP contribution in [0.3, 0.4) is 0 Å². The molecule has 0 aliphatic rings. The highest BCUT2D eigenvalue weighted by atomic mass is 79.9. The molecule has 19 heavy (non-hydrogen) atoms. The Bertz CT molecular complexity index is 577. The van der Waals surface area contributed by atoms with Crippen LogP contribution < -0.4 is 5.73 Å². The van der Waals surface area contributed by atoms with Gasteiger partial charge in [-0.15, -0.1) is 0 Å². The molecule has 0 saturated heterocycles. The third kappa shape index (κ3) is 3.04. The molecule has 0 bridgehead atoms. The summed E-state index contributed by atoms with van der Waals surface area (Å²) in [7, 11) is 1.95. The van der Waals surface area contributed by atoms with Crippen molar-refractivity contribution in [2.75, 3.05) is 0 Å². The molecule has 102 valence electrons. The van der Waals surface area contributed by atoms with E-state index in [0.717, 1.165) is 34.4 Å². The Morgan fingerprint density at radius 3 is 2.79 bits per heavy atom. The number of hydrogen-bond donors (Lipinski definition) is 1. The van der Waals surface area contributed by atoms with Crippen molar-refractivity contribution in [3.63, 3.8) is 0 Å². The second-order valence-corrected chi connectivity index (χ2v) is 5.55. The first-order valence-electron chi connectivity index (χ1n) is 6.41. The molecule has 0 saturated carbocycles. The van der Waals surface area contributed by atoms with Gasteiger partial charge in [-0.3, -0.25) is 9.67 Å². The van der Waals surface area contributed by atoms with Crippen molar-refractivity contribution in [3.8, 4) is 0 Å². The van der Waals surface area contributed by atoms with E-state index in [-0.39, 0.29) is 6.04 Å². The average Bonchev–Trinajstić information content (AvgIpc) is 2.66. The lowest BCUT2D eigenvalue weighted by Gasteiger charge is -2.12. The van der Waals surface area contributed by atoms with Gasteiger partial charge in [0, 0.05) is 19.7 Å². The summed E-state index contributed by atoms with van der Waals surface area (Å²) in [5.41, 5.74) is 10.6. The zero-order valence-corrected chi connectivity index (χ0v) is 13.1. The van der Waals surface area contributed by atoms with E-state index in [4.69, 9.17) is 5.73 Å². The smallest absolute Gasteiger partial charge is 0.0766 e. The molecule has 0 spiro atoms. The quantitative estimate of drug-likeness (QED) is 0.941. The van der Waals surface area contributed by atoms with Crippen LogP contribution >= 0.6 is 15.9 Å². The van der Waals surface area contributed by atoms with Gasteiger partial charge in [-0.1, -0.05) is 6.92 Å². The summed E-state index contributed by atoms with van der Waals surface area (Å²) in [5, 5.41) is 4.49. The van der Waals surface area contributed by atoms with Gasteiger partial charge in [0.25, 0.3) is 0 Å². The summed E-state index contributed by atoms with van der Waals surface area (Å²) in [6.45, 7) is 4.14. The van der Waals surface area contributed by atoms with Crippen LogP contribution in [0, 0.1) is 6.92 Å². The molecule has 1 atom stereocenters. The zero-order valence-electron chi connectivity index (χ0n) is 11.5. The Labute approximate surface area is 122 Å². The minimum absolute atomic E-state index is 0.115. The molecule has 2 heterocycles. The Balaban J connectivity index is 2.24. The van der Waals surface area contributed by atoms with Gasteiger partial charge in [-0.2, -0.15) is 5.10 Å². The number of hydrogen-bond acceptors (Lipinski definition) is 3. The molecule has 0 aromatic carbocycles. The normalized spacial score (nSPS) is 12.7. The van der Waals surface area contributed by atoms with Gasteiger partial charge in [-0.25, -0.2) is 0 Å². The van der Waals surface area contributed by atoms with Crippen LogP contribution in [0.1, 0.15) is 35.6 Å². The maximum absolute atomic E-state index is 6.26. The molecule has 0 amide bonds. The van der Waals surface area contributed by atoms with Crippen LogP contribution in [-0.2, 0) is 19.9 Å². The number of nitrogens with two attached hydrogens (primary N) is 1. The number of nitrogens with zero attached hydrogens (tertiary/aromatic N) is 3. The van der Waals surface area contributed by atoms with Crippen molar-refractivity contribution in [1.29, 1.82) is 0 Å². The molecule has 2 aromatic rings. The molecule has 2 rings (SSSR count). The van der Waals surface area contributed by atoms with Crippen LogP contribution in [0.2, 0.25) is 0 Å². The fourth-order valence-corrected chi connectivity index (χ4v) is 2.89. The topological polar surface area (TPSA) is 56.7 Å². The number of aryl methyl sites for hydroxylation is 3. The maximum atomic E-state index is 6.26. The zero-order chi connectivity index (χ0) is 14.0. The fourth-order valence-electron chi connectivity index (χ4n) is 2.12. The minimum atomic E-state index is -0.115. The van der Waals surface area contributed by atoms with Crippen molar-refractivity contribution in [1.82, 2.24) is 14.8 Å². The predicted octanol–water partition coefficient (Wildman–Crippen LogP) is 2.69. The van der Waals surface area contributed by atoms with E-state index in [1.165, 1.54) is 5.56 Å². The average molecular weight is 323 g/mol. The Morgan fingerprint density at radius 1 is 1.47 bits per heavy atom. The van der Waals surface area contributed by atoms with Crippen molar-refractivity contribution in [2.45, 2.75) is 32.7 Å². The lowest BCUT2D eigenvalue weighted by atomic mass is 10.1. The van der Waals surface area contributed by atoms with E-state index in [1.54, 1.807) is 6.20 Å². The largest absolute Gasteiger partial charge is 0.322 e. The second kappa shape index (κ2) is 5.84. The van der Waals surface area contributed by atoms with Crippen LogP contribution in [0.25, 0.3) is 0 Å². The highest BCUT2D eigenvalue weighted by molar-refractivity contribution is 9.10. The lowest BCUT2D eigenvalue weighted by molar-refractivity contribution is 0.626. The van der Waals surface area contributed by atoms with E-state index in [0.29, 0.717) is 0 Å². The van der Waals surface area contributed by atoms with Crippen molar-refractivity contribution >= 4 is 15.9 Å². The van der Waals surface area contributed by atoms with Crippen LogP contribution in [0.4, 0.5) is 0 Å². The third-order valence-electron chi connectivity index (χ3n) is 3.23. The summed E-state index contributed by atoms with van der Waals surface area (Å²) in [6.07, 6.45) is 3.44. The molecule has 0 aliphatic heterocycles. The van der Waals surface area contributed by atoms with Gasteiger partial charge in [0.1, 0.15) is 0 Å². The Kier molecular flexibility index (Phi) is 4.37. The number of rotatable bonds is 4. The molecule has 1 unspecified atom stereocenters. The Morgan fingerprint density at radius 2 is 2.21 bits per heavy atom. The SMILES string of the molecule is CCc1nn(C)c(CC(N)c2cc(C)ccn2)c1Br. The van der Waals surface area contributed by atoms with E-state index < -0.39 is 0 Å². The molecular weight excluding hydrogens is 304 g/mol. The lowest BCUT2D eigenvalue weighted by Crippen LogP contribution is -2.17. The first-order valence-corrected chi connectivity index (χ1v) is 7.20. The minimum Gasteiger partial charge on any atom is -0.322 e. The number of pyridine rings is 1. The molecular formula is C14H19BrN4. The van der Waals surface area contributed by atoms with E-state index in [9.17, 15) is 0 Å². The highest BCUT2D eigenvalue weighted by Crippen LogP contribution is 2.25. The van der Waals surface area contributed by atoms with Crippen molar-refractivity contribution in [2.24, 2.45) is 12.8 Å². The van der Waals surface area contributed by atoms with Crippen LogP contribution in [0.5, 0.6) is 0 Å². The van der Waals surface area contributed by atoms with Gasteiger partial charge in [0.15, 0.2) is 0 Å². The summed E-state index contributed by atoms with van der Waals surface area (Å²) < 4.78 is 2.97. The summed E-state index contributed by atoms with van der Waals surface area (Å²) >= 11 is 3.62. The van der Waals surface area contributed by atoms with Gasteiger partial charge >= 0.3 is 0 Å². The maximum Gasteiger partial charge on any atom is 0.0766 e. The summed E-state index contributed by atoms with van der Waals surface area (Å²) in [5.74, 6) is 0. The van der Waals surface area contributed by atoms with Gasteiger partial charge < -0.3 is 5.73 Å². The van der Waals surface area contributed by atoms with Gasteiger partial charge in [0.2, 0.25) is 0 Å². The molecule has 5 heteroatoms. The van der Waals surface area contributed by atoms with Crippen molar-refractivity contribution in [3.05, 3.63) is 45.4 Å². The van der Waals surface area contributed by atoms with Crippen molar-refractivity contribution < 1.29 is 0 Å². The molecule has 2 aromatic heterocycles. The molecule has 0 aliphatic carbocycles. The first kappa shape index (κ1) is 14.2. The first-order chi connectivity index (χ1) is 9.02. The molecule has 0 fully saturated rings. The molecule has 4 nitrogen and oxygen atoms in total. The summed E-state index contributed by atoms with van der Waals surface area (Å²) in [6, 6.07) is 3.90. The fraction of sp³-hybridized carbons (Fsp3) is 0.429. The van der Waals surface area contributed by atoms with Crippen LogP contribution in [-0.4, -0.2) is 14.8 Å². The van der Waals surface area contributed by atoms with E-state index in [1.807, 2.05) is 30.8 Å². The Hall–Kier alpha value is -1.20. The van der Waals surface area contributed by atoms with Gasteiger partial charge in [0.05, 0.1) is 27.6 Å². The van der Waals surface area contributed by atoms with Crippen LogP contribution in [0.15, 0.2) is 22.8 Å². The standard InChI is InChI=1S/C14H19BrN4/c1-4-11-14(15)13(19(3)18-11)8-10(16)12-7-9(2)5-6-17-12/h5-7,10H,4,8,16H2,1-3H3. The monoisotopic (exact) mass is 322 g/mol.